The molecule has 0 aromatic heterocycles. The number of hydrogen-bond acceptors (Lipinski definition) is 4. The summed E-state index contributed by atoms with van der Waals surface area (Å²) >= 11 is 0. The summed E-state index contributed by atoms with van der Waals surface area (Å²) in [5, 5.41) is 30.1. The Bertz CT molecular complexity index is 607. The van der Waals surface area contributed by atoms with Gasteiger partial charge in [0.15, 0.2) is 0 Å². The topological polar surface area (TPSA) is 94.8 Å². The SMILES string of the molecule is CCCCCCC(O)(CC=C[C@H]1C(=O)C[C@H](O)[C@@H]1CC=CCCCC(=O)O)C1CC1. The van der Waals surface area contributed by atoms with Gasteiger partial charge in [0.2, 0.25) is 0 Å². The minimum atomic E-state index is -0.790. The first-order chi connectivity index (χ1) is 14.4. The van der Waals surface area contributed by atoms with Crippen LogP contribution in [-0.4, -0.2) is 38.8 Å². The number of carbonyl (C=O) groups excluding carboxylic acids is 1. The van der Waals surface area contributed by atoms with Crippen molar-refractivity contribution in [1.29, 1.82) is 0 Å². The van der Waals surface area contributed by atoms with E-state index in [1.807, 2.05) is 24.3 Å². The Morgan fingerprint density at radius 3 is 2.57 bits per heavy atom. The predicted molar refractivity (Wildman–Crippen MR) is 118 cm³/mol. The van der Waals surface area contributed by atoms with Gasteiger partial charge in [-0.15, -0.1) is 0 Å². The molecular weight excluding hydrogens is 380 g/mol. The summed E-state index contributed by atoms with van der Waals surface area (Å²) in [4.78, 5) is 22.9. The molecule has 0 spiro atoms. The molecule has 2 saturated carbocycles. The molecule has 2 rings (SSSR count). The van der Waals surface area contributed by atoms with Crippen molar-refractivity contribution in [1.82, 2.24) is 0 Å². The van der Waals surface area contributed by atoms with Gasteiger partial charge in [-0.1, -0.05) is 56.9 Å². The number of unbranched alkanes of at least 4 members (excludes halogenated alkanes) is 4. The van der Waals surface area contributed by atoms with E-state index in [0.717, 1.165) is 32.1 Å². The van der Waals surface area contributed by atoms with Crippen molar-refractivity contribution in [3.8, 4) is 0 Å². The molecular formula is C25H40O5. The van der Waals surface area contributed by atoms with E-state index in [1.54, 1.807) is 0 Å². The number of Topliss-reactive ketones (excluding diaryl/α,β-unsaturated/α-hetero) is 1. The predicted octanol–water partition coefficient (Wildman–Crippen LogP) is 4.81. The van der Waals surface area contributed by atoms with Gasteiger partial charge in [-0.3, -0.25) is 9.59 Å². The minimum Gasteiger partial charge on any atom is -0.481 e. The first-order valence-electron chi connectivity index (χ1n) is 11.8. The van der Waals surface area contributed by atoms with Crippen LogP contribution in [0.25, 0.3) is 0 Å². The van der Waals surface area contributed by atoms with E-state index in [9.17, 15) is 19.8 Å². The number of aliphatic carboxylic acids is 1. The number of ketones is 1. The van der Waals surface area contributed by atoms with Crippen LogP contribution in [-0.2, 0) is 9.59 Å². The number of carboxylic acid groups (broad SMARTS) is 1. The monoisotopic (exact) mass is 420 g/mol. The summed E-state index contributed by atoms with van der Waals surface area (Å²) in [6, 6.07) is 0. The molecule has 0 aliphatic heterocycles. The van der Waals surface area contributed by atoms with E-state index in [0.29, 0.717) is 31.6 Å². The van der Waals surface area contributed by atoms with Crippen LogP contribution in [0.15, 0.2) is 24.3 Å². The maximum absolute atomic E-state index is 12.4. The van der Waals surface area contributed by atoms with Crippen molar-refractivity contribution in [2.75, 3.05) is 0 Å². The van der Waals surface area contributed by atoms with Gasteiger partial charge >= 0.3 is 5.97 Å². The quantitative estimate of drug-likeness (QED) is 0.261. The van der Waals surface area contributed by atoms with Gasteiger partial charge in [0, 0.05) is 24.7 Å². The second-order valence-corrected chi connectivity index (χ2v) is 9.24. The molecule has 2 aliphatic carbocycles. The first kappa shape index (κ1) is 24.8. The third kappa shape index (κ3) is 7.99. The molecule has 0 amide bonds. The number of rotatable bonds is 15. The third-order valence-corrected chi connectivity index (χ3v) is 6.69. The van der Waals surface area contributed by atoms with Crippen molar-refractivity contribution in [3.05, 3.63) is 24.3 Å². The average molecular weight is 421 g/mol. The Labute approximate surface area is 181 Å². The maximum Gasteiger partial charge on any atom is 0.303 e. The first-order valence-corrected chi connectivity index (χ1v) is 11.8. The van der Waals surface area contributed by atoms with Crippen LogP contribution >= 0.6 is 0 Å². The number of carboxylic acids is 1. The Kier molecular flexibility index (Phi) is 10.3. The normalized spacial score (nSPS) is 26.6. The van der Waals surface area contributed by atoms with Crippen LogP contribution in [0.2, 0.25) is 0 Å². The van der Waals surface area contributed by atoms with E-state index in [1.165, 1.54) is 12.8 Å². The highest BCUT2D eigenvalue weighted by Crippen LogP contribution is 2.45. The summed E-state index contributed by atoms with van der Waals surface area (Å²) < 4.78 is 0. The average Bonchev–Trinajstić information content (AvgIpc) is 3.51. The van der Waals surface area contributed by atoms with Gasteiger partial charge in [-0.2, -0.15) is 0 Å². The third-order valence-electron chi connectivity index (χ3n) is 6.69. The molecule has 2 fully saturated rings. The van der Waals surface area contributed by atoms with Gasteiger partial charge in [0.05, 0.1) is 11.7 Å². The van der Waals surface area contributed by atoms with Crippen LogP contribution in [0.4, 0.5) is 0 Å². The van der Waals surface area contributed by atoms with E-state index >= 15 is 0 Å². The fraction of sp³-hybridized carbons (Fsp3) is 0.760. The molecule has 5 heteroatoms. The van der Waals surface area contributed by atoms with Gasteiger partial charge in [0.1, 0.15) is 5.78 Å². The summed E-state index contributed by atoms with van der Waals surface area (Å²) in [6.07, 6.45) is 17.6. The molecule has 0 aromatic rings. The van der Waals surface area contributed by atoms with Gasteiger partial charge in [-0.05, 0) is 50.9 Å². The summed E-state index contributed by atoms with van der Waals surface area (Å²) in [6.45, 7) is 2.19. The van der Waals surface area contributed by atoms with Crippen molar-refractivity contribution < 1.29 is 24.9 Å². The Morgan fingerprint density at radius 2 is 1.90 bits per heavy atom. The summed E-state index contributed by atoms with van der Waals surface area (Å²) in [7, 11) is 0. The molecule has 4 atom stereocenters. The highest BCUT2D eigenvalue weighted by atomic mass is 16.4. The molecule has 0 radical (unpaired) electrons. The van der Waals surface area contributed by atoms with Gasteiger partial charge in [-0.25, -0.2) is 0 Å². The smallest absolute Gasteiger partial charge is 0.303 e. The highest BCUT2D eigenvalue weighted by Gasteiger charge is 2.43. The summed E-state index contributed by atoms with van der Waals surface area (Å²) in [5.74, 6) is -0.767. The fourth-order valence-electron chi connectivity index (χ4n) is 4.64. The number of hydrogen-bond donors (Lipinski definition) is 3. The van der Waals surface area contributed by atoms with Crippen molar-refractivity contribution in [2.24, 2.45) is 17.8 Å². The molecule has 0 aromatic carbocycles. The molecule has 30 heavy (non-hydrogen) atoms. The maximum atomic E-state index is 12.4. The van der Waals surface area contributed by atoms with Crippen molar-refractivity contribution in [2.45, 2.75) is 102 Å². The Hall–Kier alpha value is -1.46. The molecule has 3 N–H and O–H groups in total. The minimum absolute atomic E-state index is 0.0703. The lowest BCUT2D eigenvalue weighted by molar-refractivity contribution is -0.137. The Balaban J connectivity index is 1.86. The zero-order valence-electron chi connectivity index (χ0n) is 18.5. The lowest BCUT2D eigenvalue weighted by Crippen LogP contribution is -2.30. The number of aliphatic hydroxyl groups excluding tert-OH is 1. The van der Waals surface area contributed by atoms with Gasteiger partial charge < -0.3 is 15.3 Å². The van der Waals surface area contributed by atoms with Crippen LogP contribution in [0.5, 0.6) is 0 Å². The van der Waals surface area contributed by atoms with E-state index < -0.39 is 17.7 Å². The number of aliphatic hydroxyl groups is 2. The van der Waals surface area contributed by atoms with E-state index in [4.69, 9.17) is 5.11 Å². The van der Waals surface area contributed by atoms with Crippen LogP contribution in [0, 0.1) is 17.8 Å². The number of allylic oxidation sites excluding steroid dienone is 3. The molecule has 1 unspecified atom stereocenters. The zero-order chi connectivity index (χ0) is 22.0. The fourth-order valence-corrected chi connectivity index (χ4v) is 4.64. The second-order valence-electron chi connectivity index (χ2n) is 9.24. The van der Waals surface area contributed by atoms with Crippen LogP contribution in [0.1, 0.15) is 90.4 Å². The molecule has 0 heterocycles. The molecule has 5 nitrogen and oxygen atoms in total. The molecule has 0 bridgehead atoms. The van der Waals surface area contributed by atoms with Crippen molar-refractivity contribution in [3.63, 3.8) is 0 Å². The lowest BCUT2D eigenvalue weighted by atomic mass is 9.85. The summed E-state index contributed by atoms with van der Waals surface area (Å²) in [5.41, 5.74) is -0.649. The largest absolute Gasteiger partial charge is 0.481 e. The standard InChI is InChI=1S/C25H40O5/c1-2-3-4-9-16-25(30,19-14-15-19)17-10-12-21-20(22(26)18-23(21)27)11-7-5-6-8-13-24(28)29/h5,7,10,12,19-22,26,30H,2-4,6,8-9,11,13-18H2,1H3,(H,28,29)/t20-,21-,22+,25?/m1/s1. The van der Waals surface area contributed by atoms with Crippen LogP contribution < -0.4 is 0 Å². The second kappa shape index (κ2) is 12.4. The highest BCUT2D eigenvalue weighted by molar-refractivity contribution is 5.86. The van der Waals surface area contributed by atoms with E-state index in [-0.39, 0.29) is 30.5 Å². The van der Waals surface area contributed by atoms with E-state index in [2.05, 4.69) is 6.92 Å². The molecule has 2 aliphatic rings. The van der Waals surface area contributed by atoms with Gasteiger partial charge in [0.25, 0.3) is 0 Å². The molecule has 0 saturated heterocycles. The van der Waals surface area contributed by atoms with Crippen molar-refractivity contribution >= 4 is 11.8 Å². The Morgan fingerprint density at radius 1 is 1.13 bits per heavy atom. The number of carbonyl (C=O) groups is 2. The lowest BCUT2D eigenvalue weighted by Gasteiger charge is -2.27. The molecule has 170 valence electrons. The zero-order valence-corrected chi connectivity index (χ0v) is 18.5. The van der Waals surface area contributed by atoms with Crippen LogP contribution in [0.3, 0.4) is 0 Å².